The van der Waals surface area contributed by atoms with Gasteiger partial charge < -0.3 is 24.2 Å². The van der Waals surface area contributed by atoms with E-state index in [-0.39, 0.29) is 25.9 Å². The molecule has 0 heterocycles. The smallest absolute Gasteiger partial charge is 0.462 e. The summed E-state index contributed by atoms with van der Waals surface area (Å²) in [4.78, 5) is 48.4. The van der Waals surface area contributed by atoms with Gasteiger partial charge in [-0.05, 0) is 64.2 Å². The Balaban J connectivity index is 4.72. The van der Waals surface area contributed by atoms with Crippen LogP contribution in [0.4, 0.5) is 0 Å². The molecule has 11 nitrogen and oxygen atoms in total. The van der Waals surface area contributed by atoms with Crippen LogP contribution in [0.15, 0.2) is 60.8 Å². The molecule has 0 radical (unpaired) electrons. The molecule has 0 aliphatic rings. The maximum atomic E-state index is 12.9. The van der Waals surface area contributed by atoms with Crippen molar-refractivity contribution in [2.45, 2.75) is 264 Å². The van der Waals surface area contributed by atoms with Gasteiger partial charge in [-0.1, -0.05) is 229 Å². The molecule has 0 rings (SSSR count). The third-order valence-corrected chi connectivity index (χ3v) is 12.9. The molecule has 2 N–H and O–H groups in total. The molecule has 0 saturated carbocycles. The molecular formula is C58H103O11P. The molecule has 3 atom stereocenters. The van der Waals surface area contributed by atoms with Crippen LogP contribution in [0.2, 0.25) is 0 Å². The number of carbonyl (C=O) groups excluding carboxylic acids is 3. The Labute approximate surface area is 427 Å². The monoisotopic (exact) mass is 1010 g/mol. The van der Waals surface area contributed by atoms with E-state index in [0.717, 1.165) is 83.5 Å². The summed E-state index contributed by atoms with van der Waals surface area (Å²) in [5.41, 5.74) is 0. The number of aliphatic hydroxyl groups excluding tert-OH is 1. The fourth-order valence-electron chi connectivity index (χ4n) is 7.65. The average Bonchev–Trinajstić information content (AvgIpc) is 3.35. The van der Waals surface area contributed by atoms with E-state index in [1.54, 1.807) is 0 Å². The van der Waals surface area contributed by atoms with Gasteiger partial charge in [0.25, 0.3) is 0 Å². The number of rotatable bonds is 52. The van der Waals surface area contributed by atoms with Crippen molar-refractivity contribution < 1.29 is 52.2 Å². The maximum Gasteiger partial charge on any atom is 0.472 e. The van der Waals surface area contributed by atoms with Crippen molar-refractivity contribution in [1.29, 1.82) is 0 Å². The molecule has 0 aliphatic carbocycles. The molecule has 0 aromatic rings. The Hall–Kier alpha value is -2.82. The molecule has 0 aromatic carbocycles. The van der Waals surface area contributed by atoms with Gasteiger partial charge in [0.05, 0.1) is 19.8 Å². The summed E-state index contributed by atoms with van der Waals surface area (Å²) in [7, 11) is -4.76. The highest BCUT2D eigenvalue weighted by atomic mass is 31.2. The van der Waals surface area contributed by atoms with Crippen LogP contribution in [0, 0.1) is 0 Å². The van der Waals surface area contributed by atoms with Gasteiger partial charge in [0.1, 0.15) is 12.7 Å². The minimum atomic E-state index is -4.76. The normalized spacial score (nSPS) is 13.8. The van der Waals surface area contributed by atoms with Crippen LogP contribution in [-0.4, -0.2) is 66.5 Å². The number of ether oxygens (including phenoxy) is 3. The fraction of sp³-hybridized carbons (Fsp3) is 0.776. The summed E-state index contributed by atoms with van der Waals surface area (Å²) < 4.78 is 39.3. The van der Waals surface area contributed by atoms with Crippen molar-refractivity contribution >= 4 is 25.7 Å². The van der Waals surface area contributed by atoms with Crippen LogP contribution in [-0.2, 0) is 42.2 Å². The quantitative estimate of drug-likeness (QED) is 0.0197. The van der Waals surface area contributed by atoms with Crippen LogP contribution < -0.4 is 0 Å². The SMILES string of the molecule is CC/C=C\C/C=C\C/C=C\C/C=C\CCC(=O)OC(CO)COP(=O)(O)OCC(COC(=O)CCCCCCC/C=C\CCCC)OC(=O)CCCCCCCCCCCCCCCCCCCCC. The lowest BCUT2D eigenvalue weighted by molar-refractivity contribution is -0.161. The number of hydrogen-bond acceptors (Lipinski definition) is 10. The summed E-state index contributed by atoms with van der Waals surface area (Å²) in [6, 6.07) is 0. The number of unbranched alkanes of at least 4 members (excludes halogenated alkanes) is 25. The van der Waals surface area contributed by atoms with Gasteiger partial charge in [-0.2, -0.15) is 0 Å². The Morgan fingerprint density at radius 2 is 0.786 bits per heavy atom. The van der Waals surface area contributed by atoms with Gasteiger partial charge >= 0.3 is 25.7 Å². The highest BCUT2D eigenvalue weighted by molar-refractivity contribution is 7.47. The minimum Gasteiger partial charge on any atom is -0.462 e. The molecule has 0 aromatic heterocycles. The van der Waals surface area contributed by atoms with E-state index in [4.69, 9.17) is 23.3 Å². The Morgan fingerprint density at radius 3 is 1.27 bits per heavy atom. The molecule has 0 amide bonds. The molecular weight excluding hydrogens is 904 g/mol. The number of esters is 3. The number of phosphoric ester groups is 1. The van der Waals surface area contributed by atoms with Crippen molar-refractivity contribution in [2.24, 2.45) is 0 Å². The van der Waals surface area contributed by atoms with E-state index in [0.29, 0.717) is 19.3 Å². The first-order chi connectivity index (χ1) is 34.2. The van der Waals surface area contributed by atoms with Gasteiger partial charge in [0, 0.05) is 19.3 Å². The highest BCUT2D eigenvalue weighted by Gasteiger charge is 2.28. The number of aliphatic hydroxyl groups is 1. The Bertz CT molecular complexity index is 1410. The van der Waals surface area contributed by atoms with E-state index in [9.17, 15) is 28.9 Å². The number of allylic oxidation sites excluding steroid dienone is 10. The summed E-state index contributed by atoms with van der Waals surface area (Å²) in [6.45, 7) is 4.42. The zero-order chi connectivity index (χ0) is 51.3. The molecule has 12 heteroatoms. The predicted octanol–water partition coefficient (Wildman–Crippen LogP) is 16.4. The number of hydrogen-bond donors (Lipinski definition) is 2. The van der Waals surface area contributed by atoms with E-state index in [1.807, 2.05) is 12.2 Å². The predicted molar refractivity (Wildman–Crippen MR) is 288 cm³/mol. The minimum absolute atomic E-state index is 0.0559. The maximum absolute atomic E-state index is 12.9. The van der Waals surface area contributed by atoms with Crippen LogP contribution in [0.5, 0.6) is 0 Å². The second kappa shape index (κ2) is 52.5. The van der Waals surface area contributed by atoms with Gasteiger partial charge in [0.2, 0.25) is 0 Å². The van der Waals surface area contributed by atoms with Crippen molar-refractivity contribution in [1.82, 2.24) is 0 Å². The summed E-state index contributed by atoms with van der Waals surface area (Å²) in [6.07, 6.45) is 56.4. The van der Waals surface area contributed by atoms with Crippen LogP contribution in [0.1, 0.15) is 252 Å². The third-order valence-electron chi connectivity index (χ3n) is 11.9. The van der Waals surface area contributed by atoms with Gasteiger partial charge in [0.15, 0.2) is 6.10 Å². The second-order valence-electron chi connectivity index (χ2n) is 18.7. The average molecular weight is 1010 g/mol. The first-order valence-electron chi connectivity index (χ1n) is 28.2. The largest absolute Gasteiger partial charge is 0.472 e. The molecule has 0 fully saturated rings. The second-order valence-corrected chi connectivity index (χ2v) is 20.2. The molecule has 0 saturated heterocycles. The molecule has 70 heavy (non-hydrogen) atoms. The van der Waals surface area contributed by atoms with Crippen molar-refractivity contribution in [3.8, 4) is 0 Å². The van der Waals surface area contributed by atoms with Crippen molar-refractivity contribution in [2.75, 3.05) is 26.4 Å². The van der Waals surface area contributed by atoms with Gasteiger partial charge in [-0.25, -0.2) is 4.57 Å². The Morgan fingerprint density at radius 1 is 0.414 bits per heavy atom. The lowest BCUT2D eigenvalue weighted by atomic mass is 10.0. The van der Waals surface area contributed by atoms with Crippen molar-refractivity contribution in [3.63, 3.8) is 0 Å². The van der Waals surface area contributed by atoms with Gasteiger partial charge in [-0.15, -0.1) is 0 Å². The summed E-state index contributed by atoms with van der Waals surface area (Å²) >= 11 is 0. The number of phosphoric acid groups is 1. The summed E-state index contributed by atoms with van der Waals surface area (Å²) in [5.74, 6) is -1.55. The van der Waals surface area contributed by atoms with Crippen LogP contribution >= 0.6 is 7.82 Å². The van der Waals surface area contributed by atoms with Crippen molar-refractivity contribution in [3.05, 3.63) is 60.8 Å². The first kappa shape index (κ1) is 67.2. The molecule has 0 aliphatic heterocycles. The Kier molecular flexibility index (Phi) is 50.4. The lowest BCUT2D eigenvalue weighted by Crippen LogP contribution is -2.30. The fourth-order valence-corrected chi connectivity index (χ4v) is 8.43. The van der Waals surface area contributed by atoms with Crippen LogP contribution in [0.3, 0.4) is 0 Å². The zero-order valence-corrected chi connectivity index (χ0v) is 45.6. The highest BCUT2D eigenvalue weighted by Crippen LogP contribution is 2.43. The molecule has 3 unspecified atom stereocenters. The third kappa shape index (κ3) is 50.1. The van der Waals surface area contributed by atoms with E-state index in [2.05, 4.69) is 69.4 Å². The van der Waals surface area contributed by atoms with Gasteiger partial charge in [-0.3, -0.25) is 23.4 Å². The van der Waals surface area contributed by atoms with E-state index < -0.39 is 57.8 Å². The molecule has 406 valence electrons. The van der Waals surface area contributed by atoms with E-state index >= 15 is 0 Å². The lowest BCUT2D eigenvalue weighted by Gasteiger charge is -2.21. The molecule has 0 spiro atoms. The molecule has 0 bridgehead atoms. The zero-order valence-electron chi connectivity index (χ0n) is 44.7. The number of carbonyl (C=O) groups is 3. The van der Waals surface area contributed by atoms with Crippen LogP contribution in [0.25, 0.3) is 0 Å². The standard InChI is InChI=1S/C58H103O11P/c1-4-7-10-13-16-19-22-24-25-26-27-28-29-31-34-37-40-43-46-49-58(62)69-55(51-65-56(60)47-44-41-38-35-32-21-18-15-12-9-6-3)53-67-70(63,64)66-52-54(50-59)68-57(61)48-45-42-39-36-33-30-23-20-17-14-11-8-5-2/h8,11,15,17-18,20,30,33,39,42,54-55,59H,4-7,9-10,12-14,16,19,21-29,31-32,34-38,40-41,43-53H2,1-3H3,(H,63,64)/b11-8-,18-15-,20-17-,33-30-,42-39-. The van der Waals surface area contributed by atoms with E-state index in [1.165, 1.54) is 109 Å². The summed E-state index contributed by atoms with van der Waals surface area (Å²) in [5, 5.41) is 9.77. The first-order valence-corrected chi connectivity index (χ1v) is 29.7. The topological polar surface area (TPSA) is 155 Å².